The van der Waals surface area contributed by atoms with Gasteiger partial charge in [-0.15, -0.1) is 0 Å². The van der Waals surface area contributed by atoms with Gasteiger partial charge < -0.3 is 14.5 Å². The number of hydrogen-bond donors (Lipinski definition) is 0. The summed E-state index contributed by atoms with van der Waals surface area (Å²) in [5, 5.41) is 0. The van der Waals surface area contributed by atoms with E-state index in [1.165, 1.54) is 42.1 Å². The van der Waals surface area contributed by atoms with Crippen molar-refractivity contribution in [2.45, 2.75) is 6.92 Å². The van der Waals surface area contributed by atoms with Crippen molar-refractivity contribution in [3.8, 4) is 0 Å². The molecule has 0 spiro atoms. The molecule has 2 amide bonds. The summed E-state index contributed by atoms with van der Waals surface area (Å²) in [7, 11) is -1.46. The fourth-order valence-corrected chi connectivity index (χ4v) is 3.78. The molecule has 0 atom stereocenters. The van der Waals surface area contributed by atoms with E-state index in [9.17, 15) is 22.4 Å². The summed E-state index contributed by atoms with van der Waals surface area (Å²) in [4.78, 5) is 27.4. The minimum absolute atomic E-state index is 0.199. The number of nitrogens with zero attached hydrogens (tertiary/aromatic N) is 4. The van der Waals surface area contributed by atoms with Crippen molar-refractivity contribution in [3.63, 3.8) is 0 Å². The summed E-state index contributed by atoms with van der Waals surface area (Å²) in [5.41, 5.74) is -0.199. The van der Waals surface area contributed by atoms with Crippen LogP contribution in [0.15, 0.2) is 24.3 Å². The van der Waals surface area contributed by atoms with Crippen LogP contribution in [0.1, 0.15) is 6.92 Å². The molecule has 1 aliphatic rings. The Morgan fingerprint density at radius 2 is 1.68 bits per heavy atom. The number of benzene rings is 1. The summed E-state index contributed by atoms with van der Waals surface area (Å²) < 4.78 is 46.2. The van der Waals surface area contributed by atoms with Crippen LogP contribution in [0, 0.1) is 5.82 Å². The Morgan fingerprint density at radius 1 is 1.11 bits per heavy atom. The molecule has 11 heteroatoms. The number of carbonyl (C=O) groups excluding carboxylic acids is 2. The molecule has 1 aromatic carbocycles. The second-order valence-electron chi connectivity index (χ2n) is 6.31. The van der Waals surface area contributed by atoms with Gasteiger partial charge in [-0.1, -0.05) is 12.1 Å². The molecule has 1 fully saturated rings. The van der Waals surface area contributed by atoms with Crippen LogP contribution in [0.25, 0.3) is 0 Å². The Hall–Kier alpha value is -2.40. The van der Waals surface area contributed by atoms with Gasteiger partial charge in [-0.2, -0.15) is 12.7 Å². The molecule has 0 aromatic heterocycles. The topological polar surface area (TPSA) is 90.5 Å². The lowest BCUT2D eigenvalue weighted by Gasteiger charge is -2.35. The highest BCUT2D eigenvalue weighted by Crippen LogP contribution is 2.23. The highest BCUT2D eigenvalue weighted by molar-refractivity contribution is 7.90. The van der Waals surface area contributed by atoms with E-state index in [4.69, 9.17) is 4.74 Å². The Balaban J connectivity index is 2.14. The quantitative estimate of drug-likeness (QED) is 0.682. The first-order valence-electron chi connectivity index (χ1n) is 8.82. The maximum absolute atomic E-state index is 14.2. The van der Waals surface area contributed by atoms with Crippen LogP contribution in [-0.2, 0) is 19.7 Å². The number of anilines is 1. The Kier molecular flexibility index (Phi) is 7.19. The largest absolute Gasteiger partial charge is 0.450 e. The van der Waals surface area contributed by atoms with Crippen LogP contribution in [-0.4, -0.2) is 87.9 Å². The van der Waals surface area contributed by atoms with Gasteiger partial charge in [0.1, 0.15) is 12.4 Å². The highest BCUT2D eigenvalue weighted by atomic mass is 32.2. The first-order valence-corrected chi connectivity index (χ1v) is 10.2. The van der Waals surface area contributed by atoms with E-state index in [1.807, 2.05) is 0 Å². The third-order valence-electron chi connectivity index (χ3n) is 4.30. The zero-order chi connectivity index (χ0) is 20.9. The second kappa shape index (κ2) is 9.20. The number of rotatable bonds is 6. The van der Waals surface area contributed by atoms with Crippen molar-refractivity contribution in [3.05, 3.63) is 30.1 Å². The lowest BCUT2D eigenvalue weighted by atomic mass is 10.3. The van der Waals surface area contributed by atoms with Crippen molar-refractivity contribution in [1.29, 1.82) is 0 Å². The molecular formula is C17H25FN4O5S. The number of amides is 2. The van der Waals surface area contributed by atoms with Gasteiger partial charge in [0.25, 0.3) is 0 Å². The van der Waals surface area contributed by atoms with E-state index in [2.05, 4.69) is 0 Å². The van der Waals surface area contributed by atoms with Gasteiger partial charge in [-0.05, 0) is 19.1 Å². The summed E-state index contributed by atoms with van der Waals surface area (Å²) in [6, 6.07) is 5.38. The standard InChI is InChI=1S/C17H25FN4O5S/c1-4-27-17(24)21-11-9-20(10-12-21)16(23)13-22(28(25,26)19(2)3)15-8-6-5-7-14(15)18/h5-8H,4,9-13H2,1-3H3. The molecule has 1 saturated heterocycles. The van der Waals surface area contributed by atoms with E-state index in [-0.39, 0.29) is 38.5 Å². The lowest BCUT2D eigenvalue weighted by Crippen LogP contribution is -2.54. The molecule has 2 rings (SSSR count). The van der Waals surface area contributed by atoms with Crippen LogP contribution >= 0.6 is 0 Å². The molecule has 0 bridgehead atoms. The van der Waals surface area contributed by atoms with Gasteiger partial charge in [0, 0.05) is 40.3 Å². The molecular weight excluding hydrogens is 391 g/mol. The van der Waals surface area contributed by atoms with Crippen LogP contribution < -0.4 is 4.31 Å². The zero-order valence-electron chi connectivity index (χ0n) is 16.2. The predicted molar refractivity (Wildman–Crippen MR) is 102 cm³/mol. The van der Waals surface area contributed by atoms with Gasteiger partial charge in [-0.25, -0.2) is 13.5 Å². The Bertz CT molecular complexity index is 810. The summed E-state index contributed by atoms with van der Waals surface area (Å²) in [5.74, 6) is -1.22. The predicted octanol–water partition coefficient (Wildman–Crippen LogP) is 0.739. The number of ether oxygens (including phenoxy) is 1. The molecule has 0 aliphatic carbocycles. The molecule has 0 radical (unpaired) electrons. The average molecular weight is 416 g/mol. The monoisotopic (exact) mass is 416 g/mol. The van der Waals surface area contributed by atoms with Crippen LogP contribution in [0.2, 0.25) is 0 Å². The van der Waals surface area contributed by atoms with E-state index >= 15 is 0 Å². The van der Waals surface area contributed by atoms with E-state index in [0.717, 1.165) is 14.7 Å². The smallest absolute Gasteiger partial charge is 0.409 e. The van der Waals surface area contributed by atoms with Crippen molar-refractivity contribution < 1.29 is 27.1 Å². The van der Waals surface area contributed by atoms with Gasteiger partial charge in [-0.3, -0.25) is 4.79 Å². The van der Waals surface area contributed by atoms with Crippen molar-refractivity contribution in [2.75, 3.05) is 57.7 Å². The van der Waals surface area contributed by atoms with Gasteiger partial charge in [0.15, 0.2) is 0 Å². The van der Waals surface area contributed by atoms with Gasteiger partial charge in [0.05, 0.1) is 12.3 Å². The fourth-order valence-electron chi connectivity index (χ4n) is 2.72. The van der Waals surface area contributed by atoms with Crippen LogP contribution in [0.4, 0.5) is 14.9 Å². The molecule has 0 saturated carbocycles. The molecule has 1 aromatic rings. The first-order chi connectivity index (χ1) is 13.2. The van der Waals surface area contributed by atoms with E-state index in [0.29, 0.717) is 0 Å². The second-order valence-corrected chi connectivity index (χ2v) is 8.38. The number of para-hydroxylation sites is 1. The third kappa shape index (κ3) is 4.90. The minimum Gasteiger partial charge on any atom is -0.450 e. The summed E-state index contributed by atoms with van der Waals surface area (Å²) in [6.45, 7) is 2.48. The lowest BCUT2D eigenvalue weighted by molar-refractivity contribution is -0.131. The Morgan fingerprint density at radius 3 is 2.21 bits per heavy atom. The molecule has 0 N–H and O–H groups in total. The molecule has 1 heterocycles. The SMILES string of the molecule is CCOC(=O)N1CCN(C(=O)CN(c2ccccc2F)S(=O)(=O)N(C)C)CC1. The molecule has 0 unspecified atom stereocenters. The maximum Gasteiger partial charge on any atom is 0.409 e. The number of piperazine rings is 1. The molecule has 156 valence electrons. The number of halogens is 1. The van der Waals surface area contributed by atoms with Gasteiger partial charge in [0.2, 0.25) is 5.91 Å². The first kappa shape index (κ1) is 21.9. The molecule has 1 aliphatic heterocycles. The number of hydrogen-bond acceptors (Lipinski definition) is 5. The zero-order valence-corrected chi connectivity index (χ0v) is 17.0. The van der Waals surface area contributed by atoms with Crippen LogP contribution in [0.5, 0.6) is 0 Å². The van der Waals surface area contributed by atoms with Crippen molar-refractivity contribution in [1.82, 2.24) is 14.1 Å². The minimum atomic E-state index is -4.09. The fraction of sp³-hybridized carbons (Fsp3) is 0.529. The average Bonchev–Trinajstić information content (AvgIpc) is 2.66. The van der Waals surface area contributed by atoms with Crippen LogP contribution in [0.3, 0.4) is 0 Å². The molecule has 9 nitrogen and oxygen atoms in total. The normalized spacial score (nSPS) is 14.9. The highest BCUT2D eigenvalue weighted by Gasteiger charge is 2.32. The number of carbonyl (C=O) groups is 2. The third-order valence-corrected chi connectivity index (χ3v) is 6.10. The van der Waals surface area contributed by atoms with E-state index < -0.39 is 34.6 Å². The maximum atomic E-state index is 14.2. The molecule has 28 heavy (non-hydrogen) atoms. The van der Waals surface area contributed by atoms with Crippen molar-refractivity contribution >= 4 is 27.9 Å². The van der Waals surface area contributed by atoms with E-state index in [1.54, 1.807) is 6.92 Å². The summed E-state index contributed by atoms with van der Waals surface area (Å²) in [6.07, 6.45) is -0.447. The van der Waals surface area contributed by atoms with Crippen molar-refractivity contribution in [2.24, 2.45) is 0 Å². The Labute approximate surface area is 164 Å². The van der Waals surface area contributed by atoms with Gasteiger partial charge >= 0.3 is 16.3 Å². The summed E-state index contributed by atoms with van der Waals surface area (Å²) >= 11 is 0.